The van der Waals surface area contributed by atoms with Crippen molar-refractivity contribution in [1.29, 1.82) is 0 Å². The molecule has 0 saturated carbocycles. The lowest BCUT2D eigenvalue weighted by Gasteiger charge is -2.28. The Morgan fingerprint density at radius 2 is 1.78 bits per heavy atom. The molecule has 1 fully saturated rings. The first-order valence-corrected chi connectivity index (χ1v) is 13.8. The van der Waals surface area contributed by atoms with E-state index in [0.29, 0.717) is 36.2 Å². The predicted octanol–water partition coefficient (Wildman–Crippen LogP) is 5.62. The Morgan fingerprint density at radius 3 is 2.59 bits per heavy atom. The van der Waals surface area contributed by atoms with E-state index in [1.54, 1.807) is 0 Å². The van der Waals surface area contributed by atoms with Crippen LogP contribution in [0, 0.1) is 0 Å². The molecule has 194 valence electrons. The third-order valence-corrected chi connectivity index (χ3v) is 7.55. The van der Waals surface area contributed by atoms with Gasteiger partial charge in [0, 0.05) is 26.2 Å². The molecule has 0 atom stereocenters. The van der Waals surface area contributed by atoms with E-state index in [2.05, 4.69) is 4.90 Å². The zero-order valence-electron chi connectivity index (χ0n) is 21.4. The minimum absolute atomic E-state index is 0.0979. The number of anilines is 1. The summed E-state index contributed by atoms with van der Waals surface area (Å²) in [6.45, 7) is 9.75. The van der Waals surface area contributed by atoms with Crippen molar-refractivity contribution in [2.45, 2.75) is 20.3 Å². The van der Waals surface area contributed by atoms with Crippen molar-refractivity contribution in [1.82, 2.24) is 9.88 Å². The average molecular weight is 520 g/mol. The number of carbonyl (C=O) groups is 1. The number of para-hydroxylation sites is 1. The second kappa shape index (κ2) is 11.9. The molecule has 1 saturated heterocycles. The summed E-state index contributed by atoms with van der Waals surface area (Å²) < 4.78 is 18.3. The molecule has 0 N–H and O–H groups in total. The number of fused-ring (bicyclic) bond motifs is 2. The predicted molar refractivity (Wildman–Crippen MR) is 149 cm³/mol. The zero-order chi connectivity index (χ0) is 25.6. The van der Waals surface area contributed by atoms with Crippen LogP contribution in [0.15, 0.2) is 54.6 Å². The number of ether oxygens (including phenoxy) is 3. The maximum absolute atomic E-state index is 14.4. The fourth-order valence-electron chi connectivity index (χ4n) is 4.74. The van der Waals surface area contributed by atoms with Gasteiger partial charge in [-0.3, -0.25) is 14.6 Å². The molecule has 1 aliphatic heterocycles. The van der Waals surface area contributed by atoms with Crippen molar-refractivity contribution in [2.24, 2.45) is 0 Å². The maximum atomic E-state index is 14.4. The molecule has 0 bridgehead atoms. The van der Waals surface area contributed by atoms with Crippen LogP contribution in [0.1, 0.15) is 30.6 Å². The van der Waals surface area contributed by atoms with Gasteiger partial charge in [0.2, 0.25) is 0 Å². The third-order valence-electron chi connectivity index (χ3n) is 6.51. The van der Waals surface area contributed by atoms with E-state index in [1.807, 2.05) is 73.3 Å². The summed E-state index contributed by atoms with van der Waals surface area (Å²) in [6, 6.07) is 17.8. The molecule has 2 heterocycles. The van der Waals surface area contributed by atoms with Crippen LogP contribution in [0.25, 0.3) is 21.0 Å². The number of aromatic nitrogens is 1. The first-order chi connectivity index (χ1) is 18.2. The molecule has 7 nitrogen and oxygen atoms in total. The number of hydrogen-bond donors (Lipinski definition) is 0. The molecular weight excluding hydrogens is 486 g/mol. The van der Waals surface area contributed by atoms with Crippen molar-refractivity contribution >= 4 is 43.4 Å². The molecule has 0 unspecified atom stereocenters. The Balaban J connectivity index is 1.54. The number of amides is 1. The number of hydrogen-bond acceptors (Lipinski definition) is 7. The molecule has 3 aromatic carbocycles. The van der Waals surface area contributed by atoms with Gasteiger partial charge in [-0.05, 0) is 49.2 Å². The highest BCUT2D eigenvalue weighted by Gasteiger charge is 2.27. The molecule has 0 aliphatic carbocycles. The lowest BCUT2D eigenvalue weighted by molar-refractivity contribution is 0.0376. The molecule has 1 aliphatic rings. The van der Waals surface area contributed by atoms with Crippen LogP contribution in [0.2, 0.25) is 0 Å². The van der Waals surface area contributed by atoms with Crippen LogP contribution in [0.3, 0.4) is 0 Å². The van der Waals surface area contributed by atoms with Crippen molar-refractivity contribution in [2.75, 3.05) is 57.5 Å². The summed E-state index contributed by atoms with van der Waals surface area (Å²) >= 11 is 1.52. The smallest absolute Gasteiger partial charge is 0.264 e. The van der Waals surface area contributed by atoms with Gasteiger partial charge in [0.25, 0.3) is 5.91 Å². The minimum Gasteiger partial charge on any atom is -0.493 e. The van der Waals surface area contributed by atoms with Gasteiger partial charge in [0.15, 0.2) is 5.13 Å². The summed E-state index contributed by atoms with van der Waals surface area (Å²) in [5.41, 5.74) is 1.37. The van der Waals surface area contributed by atoms with E-state index in [4.69, 9.17) is 19.2 Å². The van der Waals surface area contributed by atoms with E-state index in [1.165, 1.54) is 11.3 Å². The summed E-state index contributed by atoms with van der Waals surface area (Å²) in [6.07, 6.45) is 0.828. The van der Waals surface area contributed by atoms with E-state index in [-0.39, 0.29) is 5.91 Å². The van der Waals surface area contributed by atoms with Crippen LogP contribution in [-0.4, -0.2) is 68.4 Å². The largest absolute Gasteiger partial charge is 0.493 e. The number of rotatable bonds is 10. The van der Waals surface area contributed by atoms with Gasteiger partial charge in [0.05, 0.1) is 36.7 Å². The fourth-order valence-corrected chi connectivity index (χ4v) is 5.75. The zero-order valence-corrected chi connectivity index (χ0v) is 22.3. The van der Waals surface area contributed by atoms with Crippen LogP contribution in [-0.2, 0) is 4.74 Å². The van der Waals surface area contributed by atoms with Crippen LogP contribution >= 0.6 is 11.3 Å². The van der Waals surface area contributed by atoms with Gasteiger partial charge >= 0.3 is 0 Å². The van der Waals surface area contributed by atoms with Gasteiger partial charge in [-0.15, -0.1) is 0 Å². The van der Waals surface area contributed by atoms with Crippen molar-refractivity contribution in [3.05, 3.63) is 60.2 Å². The minimum atomic E-state index is -0.0979. The second-order valence-electron chi connectivity index (χ2n) is 8.89. The lowest BCUT2D eigenvalue weighted by Crippen LogP contribution is -2.39. The highest BCUT2D eigenvalue weighted by molar-refractivity contribution is 7.22. The Kier molecular flexibility index (Phi) is 8.18. The standard InChI is InChI=1S/C29H33N3O4S/c1-3-35-23-14-13-21-9-5-6-10-22(21)26(23)28(33)32(16-8-15-31-17-19-34-20-18-31)29-30-27-24(36-4-2)11-7-12-25(27)37-29/h5-7,9-14H,3-4,8,15-20H2,1-2H3. The summed E-state index contributed by atoms with van der Waals surface area (Å²) in [4.78, 5) is 23.5. The summed E-state index contributed by atoms with van der Waals surface area (Å²) in [5.74, 6) is 1.24. The Labute approximate surface area is 221 Å². The summed E-state index contributed by atoms with van der Waals surface area (Å²) in [5, 5.41) is 2.56. The summed E-state index contributed by atoms with van der Waals surface area (Å²) in [7, 11) is 0. The number of thiazole rings is 1. The third kappa shape index (κ3) is 5.56. The van der Waals surface area contributed by atoms with E-state index in [0.717, 1.165) is 66.0 Å². The van der Waals surface area contributed by atoms with Gasteiger partial charge in [-0.1, -0.05) is 47.7 Å². The van der Waals surface area contributed by atoms with Crippen molar-refractivity contribution < 1.29 is 19.0 Å². The van der Waals surface area contributed by atoms with Crippen molar-refractivity contribution in [3.63, 3.8) is 0 Å². The molecule has 4 aromatic rings. The average Bonchev–Trinajstić information content (AvgIpc) is 3.36. The normalized spacial score (nSPS) is 14.2. The number of benzene rings is 3. The molecule has 1 aromatic heterocycles. The highest BCUT2D eigenvalue weighted by Crippen LogP contribution is 2.37. The molecular formula is C29H33N3O4S. The monoisotopic (exact) mass is 519 g/mol. The number of nitrogens with zero attached hydrogens (tertiary/aromatic N) is 3. The molecule has 37 heavy (non-hydrogen) atoms. The number of carbonyl (C=O) groups excluding carboxylic acids is 1. The van der Waals surface area contributed by atoms with Gasteiger partial charge in [-0.2, -0.15) is 0 Å². The van der Waals surface area contributed by atoms with Gasteiger partial charge < -0.3 is 14.2 Å². The molecule has 0 radical (unpaired) electrons. The van der Waals surface area contributed by atoms with Gasteiger partial charge in [0.1, 0.15) is 17.0 Å². The Morgan fingerprint density at radius 1 is 1.00 bits per heavy atom. The van der Waals surface area contributed by atoms with E-state index in [9.17, 15) is 4.79 Å². The first kappa shape index (κ1) is 25.4. The SMILES string of the molecule is CCOc1ccc2ccccc2c1C(=O)N(CCCN1CCOCC1)c1nc2c(OCC)cccc2s1. The lowest BCUT2D eigenvalue weighted by atomic mass is 10.0. The maximum Gasteiger partial charge on any atom is 0.264 e. The quantitative estimate of drug-likeness (QED) is 0.271. The first-order valence-electron chi connectivity index (χ1n) is 13.0. The fraction of sp³-hybridized carbons (Fsp3) is 0.379. The number of morpholine rings is 1. The second-order valence-corrected chi connectivity index (χ2v) is 9.90. The molecule has 1 amide bonds. The molecule has 8 heteroatoms. The Hall–Kier alpha value is -3.20. The van der Waals surface area contributed by atoms with E-state index >= 15 is 0 Å². The Bertz CT molecular complexity index is 1370. The van der Waals surface area contributed by atoms with Crippen molar-refractivity contribution in [3.8, 4) is 11.5 Å². The van der Waals surface area contributed by atoms with Crippen LogP contribution < -0.4 is 14.4 Å². The van der Waals surface area contributed by atoms with E-state index < -0.39 is 0 Å². The highest BCUT2D eigenvalue weighted by atomic mass is 32.1. The molecule has 5 rings (SSSR count). The molecule has 0 spiro atoms. The topological polar surface area (TPSA) is 64.1 Å². The van der Waals surface area contributed by atoms with Crippen LogP contribution in [0.4, 0.5) is 5.13 Å². The van der Waals surface area contributed by atoms with Crippen LogP contribution in [0.5, 0.6) is 11.5 Å². The van der Waals surface area contributed by atoms with Gasteiger partial charge in [-0.25, -0.2) is 4.98 Å².